The number of esters is 1. The smallest absolute Gasteiger partial charge is 0.331 e. The van der Waals surface area contributed by atoms with E-state index >= 15 is 0 Å². The van der Waals surface area contributed by atoms with Crippen LogP contribution in [0.3, 0.4) is 0 Å². The molecule has 106 valence electrons. The molecule has 1 atom stereocenters. The lowest BCUT2D eigenvalue weighted by Crippen LogP contribution is -2.11. The standard InChI is InChI=1S/C16H24O3/c1-11(2)13(4)8-15(17)12(3)6-5-7-14-9-16(18)19-10-14/h6,9,11,15,17H,4-5,7-8,10H2,1-3H3/b12-6+/t15-/m1/s1. The average molecular weight is 264 g/mol. The van der Waals surface area contributed by atoms with Crippen LogP contribution in [-0.4, -0.2) is 23.8 Å². The van der Waals surface area contributed by atoms with Gasteiger partial charge in [-0.1, -0.05) is 32.1 Å². The number of aliphatic hydroxyl groups is 1. The van der Waals surface area contributed by atoms with Crippen LogP contribution in [0.15, 0.2) is 35.5 Å². The van der Waals surface area contributed by atoms with E-state index in [1.165, 1.54) is 0 Å². The maximum Gasteiger partial charge on any atom is 0.331 e. The van der Waals surface area contributed by atoms with Gasteiger partial charge in [0.15, 0.2) is 0 Å². The third-order valence-electron chi connectivity index (χ3n) is 3.45. The van der Waals surface area contributed by atoms with Crippen LogP contribution in [0.1, 0.15) is 40.0 Å². The molecule has 3 nitrogen and oxygen atoms in total. The van der Waals surface area contributed by atoms with Gasteiger partial charge in [-0.15, -0.1) is 0 Å². The Morgan fingerprint density at radius 1 is 1.58 bits per heavy atom. The molecule has 0 fully saturated rings. The fourth-order valence-electron chi connectivity index (χ4n) is 1.82. The lowest BCUT2D eigenvalue weighted by atomic mass is 9.95. The van der Waals surface area contributed by atoms with Gasteiger partial charge in [0.05, 0.1) is 6.10 Å². The molecule has 0 aromatic rings. The van der Waals surface area contributed by atoms with E-state index in [4.69, 9.17) is 4.74 Å². The molecule has 1 N–H and O–H groups in total. The number of rotatable bonds is 7. The maximum atomic E-state index is 10.9. The number of cyclic esters (lactones) is 1. The Morgan fingerprint density at radius 3 is 2.79 bits per heavy atom. The Labute approximate surface area is 115 Å². The highest BCUT2D eigenvalue weighted by Gasteiger charge is 2.13. The van der Waals surface area contributed by atoms with Gasteiger partial charge < -0.3 is 9.84 Å². The summed E-state index contributed by atoms with van der Waals surface area (Å²) in [5, 5.41) is 10.0. The molecule has 0 aromatic heterocycles. The first-order valence-corrected chi connectivity index (χ1v) is 6.78. The summed E-state index contributed by atoms with van der Waals surface area (Å²) in [6, 6.07) is 0. The molecule has 0 amide bonds. The first-order chi connectivity index (χ1) is 8.90. The van der Waals surface area contributed by atoms with Crippen molar-refractivity contribution in [2.24, 2.45) is 5.92 Å². The van der Waals surface area contributed by atoms with E-state index in [2.05, 4.69) is 20.4 Å². The fourth-order valence-corrected chi connectivity index (χ4v) is 1.82. The Kier molecular flexibility index (Phi) is 6.03. The van der Waals surface area contributed by atoms with Crippen molar-refractivity contribution < 1.29 is 14.6 Å². The second kappa shape index (κ2) is 7.29. The van der Waals surface area contributed by atoms with Gasteiger partial charge in [-0.2, -0.15) is 0 Å². The molecule has 1 aliphatic heterocycles. The molecular weight excluding hydrogens is 240 g/mol. The van der Waals surface area contributed by atoms with Crippen molar-refractivity contribution in [3.8, 4) is 0 Å². The summed E-state index contributed by atoms with van der Waals surface area (Å²) in [4.78, 5) is 10.9. The highest BCUT2D eigenvalue weighted by Crippen LogP contribution is 2.19. The van der Waals surface area contributed by atoms with E-state index in [-0.39, 0.29) is 5.97 Å². The minimum Gasteiger partial charge on any atom is -0.458 e. The van der Waals surface area contributed by atoms with Crippen LogP contribution in [0.25, 0.3) is 0 Å². The number of carbonyl (C=O) groups is 1. The van der Waals surface area contributed by atoms with E-state index in [0.29, 0.717) is 18.9 Å². The molecule has 0 bridgehead atoms. The fraction of sp³-hybridized carbons (Fsp3) is 0.562. The summed E-state index contributed by atoms with van der Waals surface area (Å²) >= 11 is 0. The largest absolute Gasteiger partial charge is 0.458 e. The molecule has 1 rings (SSSR count). The number of hydrogen-bond acceptors (Lipinski definition) is 3. The van der Waals surface area contributed by atoms with Crippen LogP contribution < -0.4 is 0 Å². The Bertz CT molecular complexity index is 402. The van der Waals surface area contributed by atoms with E-state index in [1.54, 1.807) is 6.08 Å². The lowest BCUT2D eigenvalue weighted by Gasteiger charge is -2.15. The Balaban J connectivity index is 2.37. The maximum absolute atomic E-state index is 10.9. The molecule has 0 spiro atoms. The lowest BCUT2D eigenvalue weighted by molar-refractivity contribution is -0.134. The summed E-state index contributed by atoms with van der Waals surface area (Å²) in [5.41, 5.74) is 3.06. The van der Waals surface area contributed by atoms with Gasteiger partial charge in [-0.3, -0.25) is 0 Å². The summed E-state index contributed by atoms with van der Waals surface area (Å²) < 4.78 is 4.84. The highest BCUT2D eigenvalue weighted by molar-refractivity contribution is 5.85. The van der Waals surface area contributed by atoms with Crippen molar-refractivity contribution in [2.45, 2.75) is 46.1 Å². The van der Waals surface area contributed by atoms with Crippen molar-refractivity contribution in [3.05, 3.63) is 35.5 Å². The summed E-state index contributed by atoms with van der Waals surface area (Å²) in [6.45, 7) is 10.5. The van der Waals surface area contributed by atoms with E-state index in [1.807, 2.05) is 13.0 Å². The van der Waals surface area contributed by atoms with Crippen LogP contribution in [0.4, 0.5) is 0 Å². The van der Waals surface area contributed by atoms with Gasteiger partial charge >= 0.3 is 5.97 Å². The van der Waals surface area contributed by atoms with Crippen molar-refractivity contribution in [1.82, 2.24) is 0 Å². The molecule has 1 aliphatic rings. The third kappa shape index (κ3) is 5.43. The van der Waals surface area contributed by atoms with Crippen molar-refractivity contribution in [2.75, 3.05) is 6.61 Å². The van der Waals surface area contributed by atoms with Gasteiger partial charge in [-0.25, -0.2) is 4.79 Å². The number of aliphatic hydroxyl groups excluding tert-OH is 1. The predicted octanol–water partition coefficient (Wildman–Crippen LogP) is 3.16. The molecule has 3 heteroatoms. The molecule has 0 saturated heterocycles. The highest BCUT2D eigenvalue weighted by atomic mass is 16.5. The normalized spacial score (nSPS) is 17.4. The molecule has 1 heterocycles. The molecule has 19 heavy (non-hydrogen) atoms. The quantitative estimate of drug-likeness (QED) is 0.567. The molecule has 0 unspecified atom stereocenters. The van der Waals surface area contributed by atoms with Crippen LogP contribution in [0.5, 0.6) is 0 Å². The minimum absolute atomic E-state index is 0.246. The van der Waals surface area contributed by atoms with E-state index in [9.17, 15) is 9.90 Å². The second-order valence-electron chi connectivity index (χ2n) is 5.43. The zero-order valence-electron chi connectivity index (χ0n) is 12.1. The molecule has 0 saturated carbocycles. The number of carbonyl (C=O) groups excluding carboxylic acids is 1. The van der Waals surface area contributed by atoms with E-state index < -0.39 is 6.10 Å². The summed E-state index contributed by atoms with van der Waals surface area (Å²) in [7, 11) is 0. The third-order valence-corrected chi connectivity index (χ3v) is 3.45. The summed E-state index contributed by atoms with van der Waals surface area (Å²) in [6.07, 6.45) is 5.37. The zero-order valence-corrected chi connectivity index (χ0v) is 12.1. The minimum atomic E-state index is -0.453. The van der Waals surface area contributed by atoms with E-state index in [0.717, 1.165) is 29.6 Å². The monoisotopic (exact) mass is 264 g/mol. The molecule has 0 aliphatic carbocycles. The summed E-state index contributed by atoms with van der Waals surface area (Å²) in [5.74, 6) is 0.151. The first kappa shape index (κ1) is 15.7. The van der Waals surface area contributed by atoms with Gasteiger partial charge in [0.1, 0.15) is 6.61 Å². The predicted molar refractivity (Wildman–Crippen MR) is 76.6 cm³/mol. The number of ether oxygens (including phenoxy) is 1. The number of allylic oxidation sites excluding steroid dienone is 1. The first-order valence-electron chi connectivity index (χ1n) is 6.78. The zero-order chi connectivity index (χ0) is 14.4. The topological polar surface area (TPSA) is 46.5 Å². The van der Waals surface area contributed by atoms with Crippen LogP contribution in [0, 0.1) is 5.92 Å². The molecule has 0 aromatic carbocycles. The second-order valence-corrected chi connectivity index (χ2v) is 5.43. The Morgan fingerprint density at radius 2 is 2.26 bits per heavy atom. The van der Waals surface area contributed by atoms with Crippen LogP contribution in [0.2, 0.25) is 0 Å². The van der Waals surface area contributed by atoms with Crippen molar-refractivity contribution in [3.63, 3.8) is 0 Å². The number of hydrogen-bond donors (Lipinski definition) is 1. The van der Waals surface area contributed by atoms with Gasteiger partial charge in [0, 0.05) is 6.08 Å². The van der Waals surface area contributed by atoms with Crippen LogP contribution >= 0.6 is 0 Å². The average Bonchev–Trinajstić information content (AvgIpc) is 2.74. The molecule has 0 radical (unpaired) electrons. The molecular formula is C16H24O3. The SMILES string of the molecule is C=C(C[C@@H](O)/C(C)=C/CCC1=CC(=O)OC1)C(C)C. The van der Waals surface area contributed by atoms with Gasteiger partial charge in [0.2, 0.25) is 0 Å². The van der Waals surface area contributed by atoms with Crippen molar-refractivity contribution >= 4 is 5.97 Å². The Hall–Kier alpha value is -1.35. The van der Waals surface area contributed by atoms with Gasteiger partial charge in [-0.05, 0) is 43.3 Å². The van der Waals surface area contributed by atoms with Crippen LogP contribution in [-0.2, 0) is 9.53 Å². The van der Waals surface area contributed by atoms with Crippen molar-refractivity contribution in [1.29, 1.82) is 0 Å². The van der Waals surface area contributed by atoms with Gasteiger partial charge in [0.25, 0.3) is 0 Å².